The van der Waals surface area contributed by atoms with E-state index < -0.39 is 0 Å². The number of rotatable bonds is 2. The minimum atomic E-state index is 0.651. The number of hydrogen-bond acceptors (Lipinski definition) is 2. The average Bonchev–Trinajstić information content (AvgIpc) is 2.63. The van der Waals surface area contributed by atoms with Crippen LogP contribution in [0.3, 0.4) is 0 Å². The van der Waals surface area contributed by atoms with Crippen molar-refractivity contribution >= 4 is 23.3 Å². The van der Waals surface area contributed by atoms with Gasteiger partial charge in [0.25, 0.3) is 0 Å². The van der Waals surface area contributed by atoms with E-state index >= 15 is 0 Å². The summed E-state index contributed by atoms with van der Waals surface area (Å²) in [4.78, 5) is 10.9. The number of H-pyrrole nitrogens is 1. The first-order chi connectivity index (χ1) is 6.33. The Kier molecular flexibility index (Phi) is 1.70. The molecule has 0 aliphatic carbocycles. The van der Waals surface area contributed by atoms with Crippen molar-refractivity contribution in [3.63, 3.8) is 0 Å². The summed E-state index contributed by atoms with van der Waals surface area (Å²) in [6.07, 6.45) is 5.38. The summed E-state index contributed by atoms with van der Waals surface area (Å²) in [5, 5.41) is 1.08. The zero-order chi connectivity index (χ0) is 9.26. The minimum absolute atomic E-state index is 0.651. The van der Waals surface area contributed by atoms with Crippen molar-refractivity contribution in [2.45, 2.75) is 0 Å². The van der Waals surface area contributed by atoms with Gasteiger partial charge in [-0.2, -0.15) is 0 Å². The van der Waals surface area contributed by atoms with Crippen molar-refractivity contribution in [3.8, 4) is 0 Å². The van der Waals surface area contributed by atoms with Gasteiger partial charge in [-0.3, -0.25) is 9.98 Å². The number of nitrogens with one attached hydrogen (secondary N) is 1. The molecule has 0 spiro atoms. The van der Waals surface area contributed by atoms with Crippen LogP contribution in [-0.4, -0.2) is 16.7 Å². The second-order valence-electron chi connectivity index (χ2n) is 2.73. The van der Waals surface area contributed by atoms with Crippen LogP contribution in [0.15, 0.2) is 36.2 Å². The van der Waals surface area contributed by atoms with Gasteiger partial charge in [-0.05, 0) is 12.8 Å². The molecule has 2 aromatic heterocycles. The van der Waals surface area contributed by atoms with Crippen LogP contribution in [0.25, 0.3) is 16.6 Å². The molecule has 0 aliphatic heterocycles. The molecule has 64 valence electrons. The Morgan fingerprint density at radius 1 is 1.46 bits per heavy atom. The van der Waals surface area contributed by atoms with Crippen molar-refractivity contribution in [2.24, 2.45) is 4.99 Å². The molecule has 2 rings (SSSR count). The second-order valence-corrected chi connectivity index (χ2v) is 2.73. The Balaban J connectivity index is 2.74. The topological polar surface area (TPSA) is 41.0 Å². The molecule has 0 unspecified atom stereocenters. The molecular formula is C10H9N3. The molecule has 0 bridgehead atoms. The van der Waals surface area contributed by atoms with Crippen molar-refractivity contribution in [3.05, 3.63) is 36.8 Å². The van der Waals surface area contributed by atoms with Gasteiger partial charge in [0, 0.05) is 23.3 Å². The molecule has 0 fully saturated rings. The third-order valence-corrected chi connectivity index (χ3v) is 1.98. The Hall–Kier alpha value is -1.90. The summed E-state index contributed by atoms with van der Waals surface area (Å²) in [5.41, 5.74) is 2.56. The minimum Gasteiger partial charge on any atom is -0.360 e. The summed E-state index contributed by atoms with van der Waals surface area (Å²) >= 11 is 0. The SMILES string of the molecule is C=NC(=C)c1cncc2[nH]ccc12. The molecule has 13 heavy (non-hydrogen) atoms. The average molecular weight is 171 g/mol. The molecule has 3 nitrogen and oxygen atoms in total. The standard InChI is InChI=1S/C10H9N3/c1-7(11-2)9-5-12-6-10-8(9)3-4-13-10/h3-6,13H,1-2H2. The maximum atomic E-state index is 4.07. The Bertz CT molecular complexity index is 468. The molecule has 0 amide bonds. The zero-order valence-corrected chi connectivity index (χ0v) is 7.12. The first-order valence-electron chi connectivity index (χ1n) is 3.90. The molecule has 0 atom stereocenters. The number of pyridine rings is 1. The van der Waals surface area contributed by atoms with E-state index in [1.165, 1.54) is 0 Å². The fraction of sp³-hybridized carbons (Fsp3) is 0. The Morgan fingerprint density at radius 2 is 2.31 bits per heavy atom. The van der Waals surface area contributed by atoms with Crippen LogP contribution in [0.5, 0.6) is 0 Å². The number of nitrogens with zero attached hydrogens (tertiary/aromatic N) is 2. The van der Waals surface area contributed by atoms with Crippen LogP contribution in [0.1, 0.15) is 5.56 Å². The van der Waals surface area contributed by atoms with Crippen LogP contribution in [-0.2, 0) is 0 Å². The number of aromatic amines is 1. The van der Waals surface area contributed by atoms with Gasteiger partial charge in [-0.1, -0.05) is 6.58 Å². The van der Waals surface area contributed by atoms with Gasteiger partial charge in [0.15, 0.2) is 0 Å². The molecule has 0 saturated carbocycles. The molecule has 2 heterocycles. The summed E-state index contributed by atoms with van der Waals surface area (Å²) in [6, 6.07) is 1.97. The van der Waals surface area contributed by atoms with E-state index in [1.807, 2.05) is 12.3 Å². The highest BCUT2D eigenvalue weighted by atomic mass is 14.8. The summed E-state index contributed by atoms with van der Waals surface area (Å²) in [7, 11) is 0. The summed E-state index contributed by atoms with van der Waals surface area (Å²) < 4.78 is 0. The van der Waals surface area contributed by atoms with Crippen LogP contribution in [0.2, 0.25) is 0 Å². The number of fused-ring (bicyclic) bond motifs is 1. The highest BCUT2D eigenvalue weighted by Crippen LogP contribution is 2.22. The quantitative estimate of drug-likeness (QED) is 0.691. The zero-order valence-electron chi connectivity index (χ0n) is 7.12. The van der Waals surface area contributed by atoms with E-state index in [-0.39, 0.29) is 0 Å². The van der Waals surface area contributed by atoms with E-state index in [1.54, 1.807) is 12.4 Å². The fourth-order valence-electron chi connectivity index (χ4n) is 1.30. The fourth-order valence-corrected chi connectivity index (χ4v) is 1.30. The molecule has 0 radical (unpaired) electrons. The van der Waals surface area contributed by atoms with Crippen molar-refractivity contribution in [1.82, 2.24) is 9.97 Å². The van der Waals surface area contributed by atoms with E-state index in [9.17, 15) is 0 Å². The highest BCUT2D eigenvalue weighted by Gasteiger charge is 2.03. The summed E-state index contributed by atoms with van der Waals surface area (Å²) in [6.45, 7) is 7.23. The van der Waals surface area contributed by atoms with Crippen molar-refractivity contribution in [1.29, 1.82) is 0 Å². The largest absolute Gasteiger partial charge is 0.360 e. The second kappa shape index (κ2) is 2.86. The maximum Gasteiger partial charge on any atom is 0.0647 e. The van der Waals surface area contributed by atoms with E-state index in [0.717, 1.165) is 16.5 Å². The maximum absolute atomic E-state index is 4.07. The lowest BCUT2D eigenvalue weighted by molar-refractivity contribution is 1.32. The van der Waals surface area contributed by atoms with Crippen LogP contribution in [0.4, 0.5) is 0 Å². The van der Waals surface area contributed by atoms with Crippen molar-refractivity contribution in [2.75, 3.05) is 0 Å². The molecule has 0 saturated heterocycles. The third kappa shape index (κ3) is 1.14. The Morgan fingerprint density at radius 3 is 3.08 bits per heavy atom. The molecule has 0 aliphatic rings. The number of aromatic nitrogens is 2. The summed E-state index contributed by atoms with van der Waals surface area (Å²) in [5.74, 6) is 0. The lowest BCUT2D eigenvalue weighted by Crippen LogP contribution is -1.82. The van der Waals surface area contributed by atoms with Gasteiger partial charge in [0.05, 0.1) is 17.4 Å². The van der Waals surface area contributed by atoms with Gasteiger partial charge >= 0.3 is 0 Å². The lowest BCUT2D eigenvalue weighted by Gasteiger charge is -1.99. The van der Waals surface area contributed by atoms with E-state index in [0.29, 0.717) is 5.70 Å². The van der Waals surface area contributed by atoms with Crippen molar-refractivity contribution < 1.29 is 0 Å². The number of aliphatic imine (C=N–C) groups is 1. The first kappa shape index (κ1) is 7.73. The van der Waals surface area contributed by atoms with Gasteiger partial charge in [-0.25, -0.2) is 0 Å². The van der Waals surface area contributed by atoms with E-state index in [2.05, 4.69) is 28.3 Å². The monoisotopic (exact) mass is 171 g/mol. The third-order valence-electron chi connectivity index (χ3n) is 1.98. The Labute approximate surface area is 75.8 Å². The van der Waals surface area contributed by atoms with Crippen LogP contribution in [0, 0.1) is 0 Å². The molecule has 1 N–H and O–H groups in total. The predicted molar refractivity (Wildman–Crippen MR) is 54.7 cm³/mol. The van der Waals surface area contributed by atoms with Gasteiger partial charge < -0.3 is 4.98 Å². The normalized spacial score (nSPS) is 10.2. The highest BCUT2D eigenvalue weighted by molar-refractivity contribution is 5.91. The smallest absolute Gasteiger partial charge is 0.0647 e. The molecule has 3 heteroatoms. The van der Waals surface area contributed by atoms with E-state index in [4.69, 9.17) is 0 Å². The van der Waals surface area contributed by atoms with Gasteiger partial charge in [0.2, 0.25) is 0 Å². The lowest BCUT2D eigenvalue weighted by atomic mass is 10.1. The predicted octanol–water partition coefficient (Wildman–Crippen LogP) is 2.23. The van der Waals surface area contributed by atoms with Crippen LogP contribution < -0.4 is 0 Å². The molecule has 0 aromatic carbocycles. The van der Waals surface area contributed by atoms with Gasteiger partial charge in [0.1, 0.15) is 0 Å². The number of hydrogen-bond donors (Lipinski definition) is 1. The molecular weight excluding hydrogens is 162 g/mol. The first-order valence-corrected chi connectivity index (χ1v) is 3.90. The van der Waals surface area contributed by atoms with Gasteiger partial charge in [-0.15, -0.1) is 0 Å². The van der Waals surface area contributed by atoms with Crippen LogP contribution >= 0.6 is 0 Å². The molecule has 2 aromatic rings.